The molecule has 0 bridgehead atoms. The molecule has 4 aromatic carbocycles. The first-order valence-electron chi connectivity index (χ1n) is 20.1. The minimum atomic E-state index is -2.54. The van der Waals surface area contributed by atoms with Gasteiger partial charge in [0.1, 0.15) is 11.4 Å². The van der Waals surface area contributed by atoms with E-state index in [1.807, 2.05) is 87.5 Å². The molecule has 0 spiro atoms. The molecule has 0 fully saturated rings. The van der Waals surface area contributed by atoms with E-state index in [0.717, 1.165) is 27.6 Å². The number of halogens is 1. The Balaban J connectivity index is 0.000000259. The maximum absolute atomic E-state index is 15.0. The van der Waals surface area contributed by atoms with Crippen molar-refractivity contribution in [1.29, 1.82) is 0 Å². The monoisotopic (exact) mass is 847 g/mol. The Kier molecular flexibility index (Phi) is 8.09. The second-order valence-electron chi connectivity index (χ2n) is 14.0. The van der Waals surface area contributed by atoms with E-state index in [-0.39, 0.29) is 36.6 Å². The molecule has 0 N–H and O–H groups in total. The van der Waals surface area contributed by atoms with E-state index < -0.39 is 31.3 Å². The number of aryl methyl sites for hydroxylation is 2. The molecule has 0 unspecified atom stereocenters. The average Bonchev–Trinajstić information content (AvgIpc) is 3.52. The van der Waals surface area contributed by atoms with Crippen LogP contribution in [0.4, 0.5) is 4.39 Å². The van der Waals surface area contributed by atoms with Gasteiger partial charge in [0.15, 0.2) is 0 Å². The SMILES string of the molecule is [2H]C([2H])([2H])c1cnc(-c2[c-]ccc3c2oc2c(-c4ccccc4)c(F)ccc23)cc1C([2H])([2H])C(C)(C)C.[2H]C([2H])([2H])c1cnc(-c2[c-]cccc2)cc1C(C)(C)C.[Ir]. The molecule has 257 valence electrons. The summed E-state index contributed by atoms with van der Waals surface area (Å²) in [7, 11) is 0. The van der Waals surface area contributed by atoms with E-state index in [0.29, 0.717) is 39.1 Å². The maximum atomic E-state index is 15.0. The topological polar surface area (TPSA) is 38.9 Å². The van der Waals surface area contributed by atoms with Crippen LogP contribution in [-0.2, 0) is 31.9 Å². The van der Waals surface area contributed by atoms with Gasteiger partial charge in [0.25, 0.3) is 0 Å². The number of rotatable bonds is 4. The molecule has 7 rings (SSSR count). The van der Waals surface area contributed by atoms with Gasteiger partial charge in [-0.15, -0.1) is 54.1 Å². The molecule has 0 atom stereocenters. The molecule has 3 aromatic heterocycles. The Labute approximate surface area is 320 Å². The summed E-state index contributed by atoms with van der Waals surface area (Å²) in [6.45, 7) is 6.51. The molecular formula is C45H43FIrN2O-2. The Bertz CT molecular complexity index is 2560. The summed E-state index contributed by atoms with van der Waals surface area (Å²) in [6, 6.07) is 32.9. The van der Waals surface area contributed by atoms with Crippen molar-refractivity contribution < 1.29 is 39.9 Å². The third kappa shape index (κ3) is 7.96. The number of nitrogens with zero attached hydrogens (tertiary/aromatic N) is 2. The Morgan fingerprint density at radius 3 is 2.14 bits per heavy atom. The zero-order valence-electron chi connectivity index (χ0n) is 36.8. The van der Waals surface area contributed by atoms with Crippen LogP contribution in [0.15, 0.2) is 108 Å². The molecule has 1 radical (unpaired) electrons. The molecular weight excluding hydrogens is 796 g/mol. The van der Waals surface area contributed by atoms with Crippen molar-refractivity contribution in [1.82, 2.24) is 9.97 Å². The first kappa shape index (κ1) is 27.3. The molecule has 0 aliphatic heterocycles. The normalized spacial score (nSPS) is 14.8. The van der Waals surface area contributed by atoms with Crippen molar-refractivity contribution in [3.63, 3.8) is 0 Å². The molecule has 0 aliphatic rings. The van der Waals surface area contributed by atoms with E-state index >= 15 is 4.39 Å². The number of hydrogen-bond acceptors (Lipinski definition) is 3. The largest absolute Gasteiger partial charge is 0.500 e. The zero-order valence-corrected chi connectivity index (χ0v) is 31.2. The zero-order chi connectivity index (χ0) is 41.7. The van der Waals surface area contributed by atoms with Gasteiger partial charge in [0.05, 0.1) is 11.1 Å². The van der Waals surface area contributed by atoms with Crippen molar-refractivity contribution in [2.24, 2.45) is 5.41 Å². The van der Waals surface area contributed by atoms with Crippen molar-refractivity contribution in [3.8, 4) is 33.6 Å². The second-order valence-corrected chi connectivity index (χ2v) is 14.0. The number of hydrogen-bond donors (Lipinski definition) is 0. The van der Waals surface area contributed by atoms with Crippen molar-refractivity contribution in [3.05, 3.63) is 144 Å². The molecule has 0 aliphatic carbocycles. The predicted molar refractivity (Wildman–Crippen MR) is 201 cm³/mol. The molecule has 0 saturated heterocycles. The van der Waals surface area contributed by atoms with Crippen LogP contribution in [0.25, 0.3) is 55.6 Å². The Morgan fingerprint density at radius 1 is 0.760 bits per heavy atom. The van der Waals surface area contributed by atoms with E-state index in [1.54, 1.807) is 32.9 Å². The molecule has 3 heterocycles. The maximum Gasteiger partial charge on any atom is 0.134 e. The van der Waals surface area contributed by atoms with Gasteiger partial charge in [-0.1, -0.05) is 101 Å². The van der Waals surface area contributed by atoms with Crippen LogP contribution in [0.5, 0.6) is 0 Å². The van der Waals surface area contributed by atoms with Crippen LogP contribution in [0.3, 0.4) is 0 Å². The van der Waals surface area contributed by atoms with Gasteiger partial charge in [0.2, 0.25) is 0 Å². The first-order valence-corrected chi connectivity index (χ1v) is 16.1. The minimum Gasteiger partial charge on any atom is -0.500 e. The average molecular weight is 847 g/mol. The number of aromatic nitrogens is 2. The number of fused-ring (bicyclic) bond motifs is 3. The van der Waals surface area contributed by atoms with Gasteiger partial charge >= 0.3 is 0 Å². The fraction of sp³-hybridized carbons (Fsp3) is 0.244. The number of furan rings is 1. The third-order valence-electron chi connectivity index (χ3n) is 7.98. The van der Waals surface area contributed by atoms with Crippen molar-refractivity contribution >= 4 is 21.9 Å². The summed E-state index contributed by atoms with van der Waals surface area (Å²) in [5.41, 5.74) is 4.10. The van der Waals surface area contributed by atoms with Gasteiger partial charge in [-0.05, 0) is 76.7 Å². The summed E-state index contributed by atoms with van der Waals surface area (Å²) < 4.78 is 85.8. The first-order chi connectivity index (χ1) is 26.5. The minimum absolute atomic E-state index is 0. The van der Waals surface area contributed by atoms with Crippen molar-refractivity contribution in [2.45, 2.75) is 67.0 Å². The fourth-order valence-electron chi connectivity index (χ4n) is 5.72. The van der Waals surface area contributed by atoms with E-state index in [4.69, 9.17) is 15.4 Å². The second kappa shape index (κ2) is 14.8. The number of pyridine rings is 2. The van der Waals surface area contributed by atoms with Gasteiger partial charge in [-0.3, -0.25) is 0 Å². The van der Waals surface area contributed by atoms with E-state index in [9.17, 15) is 0 Å². The van der Waals surface area contributed by atoms with Crippen molar-refractivity contribution in [2.75, 3.05) is 0 Å². The molecule has 5 heteroatoms. The summed E-state index contributed by atoms with van der Waals surface area (Å²) in [5.74, 6) is -0.413. The quantitative estimate of drug-likeness (QED) is 0.166. The summed E-state index contributed by atoms with van der Waals surface area (Å²) in [6.07, 6.45) is 0.717. The molecule has 3 nitrogen and oxygen atoms in total. The Hall–Kier alpha value is -4.44. The van der Waals surface area contributed by atoms with Gasteiger partial charge in [0, 0.05) is 48.9 Å². The van der Waals surface area contributed by atoms with Crippen LogP contribution in [0.1, 0.15) is 74.8 Å². The van der Waals surface area contributed by atoms with Crippen LogP contribution in [0.2, 0.25) is 0 Å². The van der Waals surface area contributed by atoms with E-state index in [1.165, 1.54) is 24.5 Å². The fourth-order valence-corrected chi connectivity index (χ4v) is 5.72. The molecule has 0 saturated carbocycles. The van der Waals surface area contributed by atoms with Crippen LogP contribution >= 0.6 is 0 Å². The molecule has 7 aromatic rings. The standard InChI is InChI=1S/C29H25FNO.C16H18N.Ir/c1-18-17-31-25(15-20(18)16-29(2,3)4)23-12-8-11-21-22-13-14-24(30)26(28(22)32-27(21)23)19-9-6-5-7-10-19;1-12-11-17-15(10-14(12)16(2,3)4)13-8-6-5-7-9-13;/h5-11,13-15,17H,16H2,1-4H3;5-8,10-11H,1-4H3;/q2*-1;/i1D3,16D2;1D3;. The van der Waals surface area contributed by atoms with Gasteiger partial charge in [-0.25, -0.2) is 4.39 Å². The number of benzene rings is 4. The van der Waals surface area contributed by atoms with Gasteiger partial charge in [-0.2, -0.15) is 0 Å². The Morgan fingerprint density at radius 2 is 1.46 bits per heavy atom. The van der Waals surface area contributed by atoms with Crippen LogP contribution in [-0.4, -0.2) is 9.97 Å². The van der Waals surface area contributed by atoms with Crippen LogP contribution in [0, 0.1) is 37.1 Å². The predicted octanol–water partition coefficient (Wildman–Crippen LogP) is 12.3. The summed E-state index contributed by atoms with van der Waals surface area (Å²) in [4.78, 5) is 8.70. The summed E-state index contributed by atoms with van der Waals surface area (Å²) >= 11 is 0. The van der Waals surface area contributed by atoms with Crippen LogP contribution < -0.4 is 0 Å². The molecule has 50 heavy (non-hydrogen) atoms. The smallest absolute Gasteiger partial charge is 0.134 e. The van der Waals surface area contributed by atoms with E-state index in [2.05, 4.69) is 22.1 Å². The van der Waals surface area contributed by atoms with Gasteiger partial charge < -0.3 is 14.4 Å². The molecule has 0 amide bonds. The summed E-state index contributed by atoms with van der Waals surface area (Å²) in [5, 5.41) is 1.44. The third-order valence-corrected chi connectivity index (χ3v) is 7.98.